The molecule has 8 aromatic carbocycles. The van der Waals surface area contributed by atoms with E-state index >= 15 is 0 Å². The Balaban J connectivity index is 1.08. The molecule has 0 amide bonds. The van der Waals surface area contributed by atoms with Gasteiger partial charge in [0.2, 0.25) is 5.89 Å². The van der Waals surface area contributed by atoms with Gasteiger partial charge in [0.25, 0.3) is 0 Å². The molecule has 7 nitrogen and oxygen atoms in total. The Morgan fingerprint density at radius 1 is 0.404 bits per heavy atom. The molecule has 266 valence electrons. The zero-order chi connectivity index (χ0) is 37.5. The van der Waals surface area contributed by atoms with E-state index in [1.165, 1.54) is 10.8 Å². The fourth-order valence-corrected chi connectivity index (χ4v) is 8.27. The molecule has 0 saturated carbocycles. The van der Waals surface area contributed by atoms with Gasteiger partial charge in [0, 0.05) is 38.5 Å². The van der Waals surface area contributed by atoms with Gasteiger partial charge in [-0.25, -0.2) is 19.9 Å². The quantitative estimate of drug-likeness (QED) is 0.175. The number of fused-ring (bicyclic) bond motifs is 9. The van der Waals surface area contributed by atoms with Crippen LogP contribution in [0.5, 0.6) is 0 Å². The Morgan fingerprint density at radius 3 is 1.67 bits per heavy atom. The first-order chi connectivity index (χ1) is 28.2. The number of hydrogen-bond donors (Lipinski definition) is 0. The van der Waals surface area contributed by atoms with Gasteiger partial charge in [0.05, 0.1) is 22.0 Å². The van der Waals surface area contributed by atoms with E-state index in [1.54, 1.807) is 0 Å². The molecule has 7 heteroatoms. The average molecular weight is 732 g/mol. The lowest BCUT2D eigenvalue weighted by molar-refractivity contribution is 0.619. The summed E-state index contributed by atoms with van der Waals surface area (Å²) in [5.41, 5.74) is 9.67. The molecule has 0 N–H and O–H groups in total. The van der Waals surface area contributed by atoms with Crippen molar-refractivity contribution in [1.29, 1.82) is 0 Å². The molecular formula is C50H29N5O2. The van der Waals surface area contributed by atoms with Crippen molar-refractivity contribution in [3.05, 3.63) is 176 Å². The summed E-state index contributed by atoms with van der Waals surface area (Å²) in [5.74, 6) is 2.22. The summed E-state index contributed by atoms with van der Waals surface area (Å²) in [6.45, 7) is 0. The molecule has 0 saturated heterocycles. The molecule has 4 heterocycles. The van der Waals surface area contributed by atoms with Gasteiger partial charge >= 0.3 is 0 Å². The molecular weight excluding hydrogens is 703 g/mol. The number of furan rings is 1. The summed E-state index contributed by atoms with van der Waals surface area (Å²) >= 11 is 0. The summed E-state index contributed by atoms with van der Waals surface area (Å²) in [6.07, 6.45) is 0. The van der Waals surface area contributed by atoms with Gasteiger partial charge in [-0.3, -0.25) is 0 Å². The van der Waals surface area contributed by atoms with Crippen LogP contribution in [-0.2, 0) is 0 Å². The highest BCUT2D eigenvalue weighted by molar-refractivity contribution is 6.23. The van der Waals surface area contributed by atoms with Crippen LogP contribution in [0.2, 0.25) is 0 Å². The molecule has 0 spiro atoms. The molecule has 57 heavy (non-hydrogen) atoms. The summed E-state index contributed by atoms with van der Waals surface area (Å²) in [5, 5.41) is 6.25. The van der Waals surface area contributed by atoms with Crippen LogP contribution in [0.25, 0.3) is 117 Å². The third kappa shape index (κ3) is 4.92. The summed E-state index contributed by atoms with van der Waals surface area (Å²) in [6, 6.07) is 59.9. The predicted molar refractivity (Wildman–Crippen MR) is 228 cm³/mol. The van der Waals surface area contributed by atoms with Crippen molar-refractivity contribution in [3.8, 4) is 51.3 Å². The van der Waals surface area contributed by atoms with E-state index in [4.69, 9.17) is 28.8 Å². The van der Waals surface area contributed by atoms with E-state index in [0.717, 1.165) is 66.0 Å². The average Bonchev–Trinajstić information content (AvgIpc) is 3.98. The molecule has 4 aromatic heterocycles. The zero-order valence-corrected chi connectivity index (χ0v) is 30.3. The second kappa shape index (κ2) is 12.3. The Labute approximate surface area is 325 Å². The van der Waals surface area contributed by atoms with Crippen LogP contribution >= 0.6 is 0 Å². The second-order valence-electron chi connectivity index (χ2n) is 14.2. The lowest BCUT2D eigenvalue weighted by atomic mass is 9.99. The van der Waals surface area contributed by atoms with Gasteiger partial charge in [-0.05, 0) is 77.5 Å². The lowest BCUT2D eigenvalue weighted by Gasteiger charge is -2.12. The van der Waals surface area contributed by atoms with E-state index in [9.17, 15) is 0 Å². The van der Waals surface area contributed by atoms with Crippen LogP contribution in [0.4, 0.5) is 0 Å². The lowest BCUT2D eigenvalue weighted by Crippen LogP contribution is -2.01. The second-order valence-corrected chi connectivity index (χ2v) is 14.2. The molecule has 0 aliphatic heterocycles. The van der Waals surface area contributed by atoms with Crippen LogP contribution in [0, 0.1) is 0 Å². The Kier molecular flexibility index (Phi) is 6.79. The highest BCUT2D eigenvalue weighted by atomic mass is 16.4. The number of para-hydroxylation sites is 2. The number of nitrogens with zero attached hydrogens (tertiary/aromatic N) is 5. The number of oxazole rings is 1. The number of rotatable bonds is 5. The number of hydrogen-bond acceptors (Lipinski definition) is 6. The van der Waals surface area contributed by atoms with Gasteiger partial charge in [-0.1, -0.05) is 109 Å². The molecule has 0 atom stereocenters. The summed E-state index contributed by atoms with van der Waals surface area (Å²) in [4.78, 5) is 20.5. The smallest absolute Gasteiger partial charge is 0.227 e. The number of benzene rings is 8. The molecule has 0 fully saturated rings. The Bertz CT molecular complexity index is 3460. The normalized spacial score (nSPS) is 11.9. The van der Waals surface area contributed by atoms with Crippen LogP contribution in [0.1, 0.15) is 0 Å². The maximum Gasteiger partial charge on any atom is 0.227 e. The van der Waals surface area contributed by atoms with Gasteiger partial charge < -0.3 is 13.4 Å². The van der Waals surface area contributed by atoms with E-state index < -0.39 is 0 Å². The summed E-state index contributed by atoms with van der Waals surface area (Å²) in [7, 11) is 0. The molecule has 0 aliphatic carbocycles. The van der Waals surface area contributed by atoms with Crippen LogP contribution < -0.4 is 0 Å². The SMILES string of the molecule is c1ccc(-c2nc(-c3ccc(-n4c5ccccc5c5ccccc54)cc3)nc(-c3c4ccccc4cc4c3oc3ccc5oc(-c6ccccc6)nc5c34)n2)cc1. The van der Waals surface area contributed by atoms with Crippen LogP contribution in [0.15, 0.2) is 185 Å². The van der Waals surface area contributed by atoms with Gasteiger partial charge in [0.15, 0.2) is 23.1 Å². The first-order valence-corrected chi connectivity index (χ1v) is 18.9. The minimum absolute atomic E-state index is 0.521. The maximum atomic E-state index is 6.80. The third-order valence-electron chi connectivity index (χ3n) is 10.9. The molecule has 12 aromatic rings. The van der Waals surface area contributed by atoms with Crippen molar-refractivity contribution in [1.82, 2.24) is 24.5 Å². The number of aromatic nitrogens is 5. The van der Waals surface area contributed by atoms with Crippen molar-refractivity contribution >= 4 is 65.6 Å². The standard InChI is InChI=1S/C50H29N5O2/c1-3-13-30(14-4-1)47-52-48(31-23-25-34(26-24-31)55-39-21-11-9-19-36(39)37-20-10-12-22-40(37)55)54-49(53-47)44-35-18-8-7-17-33(35)29-38-43-41(56-46(38)44)27-28-42-45(43)51-50(57-42)32-15-5-2-6-16-32/h1-29H. The fourth-order valence-electron chi connectivity index (χ4n) is 8.27. The van der Waals surface area contributed by atoms with Crippen molar-refractivity contribution < 1.29 is 8.83 Å². The molecule has 0 bridgehead atoms. The van der Waals surface area contributed by atoms with E-state index in [2.05, 4.69) is 95.6 Å². The highest BCUT2D eigenvalue weighted by Gasteiger charge is 2.24. The maximum absolute atomic E-state index is 6.80. The minimum Gasteiger partial charge on any atom is -0.455 e. The van der Waals surface area contributed by atoms with E-state index in [-0.39, 0.29) is 0 Å². The van der Waals surface area contributed by atoms with Gasteiger partial charge in [-0.2, -0.15) is 0 Å². The third-order valence-corrected chi connectivity index (χ3v) is 10.9. The molecule has 0 unspecified atom stereocenters. The van der Waals surface area contributed by atoms with Crippen molar-refractivity contribution in [2.24, 2.45) is 0 Å². The summed E-state index contributed by atoms with van der Waals surface area (Å²) < 4.78 is 15.4. The molecule has 0 radical (unpaired) electrons. The van der Waals surface area contributed by atoms with Crippen LogP contribution in [-0.4, -0.2) is 24.5 Å². The fraction of sp³-hybridized carbons (Fsp3) is 0. The Morgan fingerprint density at radius 2 is 0.965 bits per heavy atom. The predicted octanol–water partition coefficient (Wildman–Crippen LogP) is 12.8. The van der Waals surface area contributed by atoms with Crippen molar-refractivity contribution in [2.45, 2.75) is 0 Å². The Hall–Kier alpha value is -7.90. The van der Waals surface area contributed by atoms with E-state index in [1.807, 2.05) is 84.9 Å². The van der Waals surface area contributed by atoms with Gasteiger partial charge in [-0.15, -0.1) is 0 Å². The first kappa shape index (κ1) is 31.5. The topological polar surface area (TPSA) is 82.8 Å². The van der Waals surface area contributed by atoms with Crippen LogP contribution in [0.3, 0.4) is 0 Å². The monoisotopic (exact) mass is 731 g/mol. The minimum atomic E-state index is 0.521. The molecule has 12 rings (SSSR count). The molecule has 0 aliphatic rings. The van der Waals surface area contributed by atoms with Crippen molar-refractivity contribution in [2.75, 3.05) is 0 Å². The van der Waals surface area contributed by atoms with Gasteiger partial charge in [0.1, 0.15) is 16.7 Å². The zero-order valence-electron chi connectivity index (χ0n) is 30.3. The largest absolute Gasteiger partial charge is 0.455 e. The first-order valence-electron chi connectivity index (χ1n) is 18.9. The van der Waals surface area contributed by atoms with E-state index in [0.29, 0.717) is 40.1 Å². The van der Waals surface area contributed by atoms with Crippen molar-refractivity contribution in [3.63, 3.8) is 0 Å². The highest BCUT2D eigenvalue weighted by Crippen LogP contribution is 2.43.